The van der Waals surface area contributed by atoms with E-state index in [0.29, 0.717) is 22.9 Å². The molecule has 0 saturated carbocycles. The van der Waals surface area contributed by atoms with E-state index in [0.717, 1.165) is 0 Å². The molecule has 0 fully saturated rings. The van der Waals surface area contributed by atoms with Crippen molar-refractivity contribution in [1.82, 2.24) is 0 Å². The summed E-state index contributed by atoms with van der Waals surface area (Å²) in [6.45, 7) is 1.72. The summed E-state index contributed by atoms with van der Waals surface area (Å²) in [5.74, 6) is 0.0465. The van der Waals surface area contributed by atoms with E-state index in [4.69, 9.17) is 22.1 Å². The normalized spacial score (nSPS) is 9.69. The van der Waals surface area contributed by atoms with Gasteiger partial charge in [0.2, 0.25) is 0 Å². The molecule has 0 unspecified atom stereocenters. The fraction of sp³-hybridized carbons (Fsp3) is 0.222. The van der Waals surface area contributed by atoms with Gasteiger partial charge in [0.25, 0.3) is 0 Å². The predicted octanol–water partition coefficient (Wildman–Crippen LogP) is 2.24. The van der Waals surface area contributed by atoms with E-state index >= 15 is 0 Å². The molecular formula is C9H10ClNO2. The third-order valence-corrected chi connectivity index (χ3v) is 1.72. The van der Waals surface area contributed by atoms with Gasteiger partial charge >= 0.3 is 5.97 Å². The van der Waals surface area contributed by atoms with Crippen molar-refractivity contribution < 1.29 is 9.53 Å². The SMILES string of the molecule is CCC(=O)Oc1ccc(Cl)cc1N. The number of nitrogen functional groups attached to an aromatic ring is 1. The van der Waals surface area contributed by atoms with Gasteiger partial charge in [0.15, 0.2) is 5.75 Å². The number of anilines is 1. The van der Waals surface area contributed by atoms with Gasteiger partial charge in [0.05, 0.1) is 5.69 Å². The number of halogens is 1. The number of esters is 1. The monoisotopic (exact) mass is 199 g/mol. The van der Waals surface area contributed by atoms with Crippen LogP contribution < -0.4 is 10.5 Å². The van der Waals surface area contributed by atoms with Crippen molar-refractivity contribution in [3.63, 3.8) is 0 Å². The number of carbonyl (C=O) groups is 1. The zero-order valence-corrected chi connectivity index (χ0v) is 7.97. The van der Waals surface area contributed by atoms with Crippen molar-refractivity contribution in [2.24, 2.45) is 0 Å². The summed E-state index contributed by atoms with van der Waals surface area (Å²) in [5.41, 5.74) is 5.93. The lowest BCUT2D eigenvalue weighted by Gasteiger charge is -2.05. The Morgan fingerprint density at radius 1 is 1.62 bits per heavy atom. The second kappa shape index (κ2) is 4.14. The van der Waals surface area contributed by atoms with Gasteiger partial charge in [0.1, 0.15) is 0 Å². The first-order valence-electron chi connectivity index (χ1n) is 3.89. The summed E-state index contributed by atoms with van der Waals surface area (Å²) in [5, 5.41) is 0.522. The topological polar surface area (TPSA) is 52.3 Å². The Hall–Kier alpha value is -1.22. The van der Waals surface area contributed by atoms with E-state index in [-0.39, 0.29) is 5.97 Å². The molecule has 0 aliphatic heterocycles. The third-order valence-electron chi connectivity index (χ3n) is 1.48. The van der Waals surface area contributed by atoms with Gasteiger partial charge in [0, 0.05) is 11.4 Å². The molecule has 70 valence electrons. The van der Waals surface area contributed by atoms with E-state index in [1.54, 1.807) is 25.1 Å². The van der Waals surface area contributed by atoms with E-state index in [2.05, 4.69) is 0 Å². The minimum absolute atomic E-state index is 0.311. The highest BCUT2D eigenvalue weighted by Crippen LogP contribution is 2.25. The minimum Gasteiger partial charge on any atom is -0.424 e. The summed E-state index contributed by atoms with van der Waals surface area (Å²) >= 11 is 5.67. The second-order valence-corrected chi connectivity index (χ2v) is 2.95. The lowest BCUT2D eigenvalue weighted by atomic mass is 10.3. The zero-order valence-electron chi connectivity index (χ0n) is 7.21. The predicted molar refractivity (Wildman–Crippen MR) is 51.8 cm³/mol. The Balaban J connectivity index is 2.83. The quantitative estimate of drug-likeness (QED) is 0.452. The second-order valence-electron chi connectivity index (χ2n) is 2.51. The minimum atomic E-state index is -0.311. The fourth-order valence-electron chi connectivity index (χ4n) is 0.807. The van der Waals surface area contributed by atoms with Gasteiger partial charge in [-0.15, -0.1) is 0 Å². The van der Waals surface area contributed by atoms with Crippen molar-refractivity contribution in [3.8, 4) is 5.75 Å². The van der Waals surface area contributed by atoms with Crippen molar-refractivity contribution in [2.75, 3.05) is 5.73 Å². The first-order chi connectivity index (χ1) is 6.13. The maximum Gasteiger partial charge on any atom is 0.310 e. The number of ether oxygens (including phenoxy) is 1. The molecule has 0 heterocycles. The largest absolute Gasteiger partial charge is 0.424 e. The maximum absolute atomic E-state index is 10.9. The van der Waals surface area contributed by atoms with Gasteiger partial charge in [-0.25, -0.2) is 0 Å². The van der Waals surface area contributed by atoms with Crippen LogP contribution in [0.1, 0.15) is 13.3 Å². The zero-order chi connectivity index (χ0) is 9.84. The molecule has 0 spiro atoms. The number of hydrogen-bond acceptors (Lipinski definition) is 3. The summed E-state index contributed by atoms with van der Waals surface area (Å²) in [6.07, 6.45) is 0.321. The number of carbonyl (C=O) groups excluding carboxylic acids is 1. The van der Waals surface area contributed by atoms with Gasteiger partial charge in [-0.1, -0.05) is 18.5 Å². The van der Waals surface area contributed by atoms with Crippen LogP contribution in [0.3, 0.4) is 0 Å². The Morgan fingerprint density at radius 2 is 2.31 bits per heavy atom. The molecule has 0 bridgehead atoms. The van der Waals surface area contributed by atoms with Crippen LogP contribution in [0.25, 0.3) is 0 Å². The van der Waals surface area contributed by atoms with E-state index in [9.17, 15) is 4.79 Å². The highest BCUT2D eigenvalue weighted by atomic mass is 35.5. The molecule has 1 aromatic rings. The van der Waals surface area contributed by atoms with Crippen LogP contribution in [0, 0.1) is 0 Å². The molecule has 13 heavy (non-hydrogen) atoms. The Morgan fingerprint density at radius 3 is 2.85 bits per heavy atom. The molecular weight excluding hydrogens is 190 g/mol. The van der Waals surface area contributed by atoms with Gasteiger partial charge in [-0.2, -0.15) is 0 Å². The number of hydrogen-bond donors (Lipinski definition) is 1. The van der Waals surface area contributed by atoms with Crippen LogP contribution in [0.4, 0.5) is 5.69 Å². The highest BCUT2D eigenvalue weighted by Gasteiger charge is 2.05. The van der Waals surface area contributed by atoms with Crippen LogP contribution in [-0.2, 0) is 4.79 Å². The first-order valence-corrected chi connectivity index (χ1v) is 4.27. The van der Waals surface area contributed by atoms with E-state index in [1.165, 1.54) is 0 Å². The van der Waals surface area contributed by atoms with E-state index < -0.39 is 0 Å². The Bertz CT molecular complexity index is 325. The van der Waals surface area contributed by atoms with Crippen molar-refractivity contribution in [1.29, 1.82) is 0 Å². The number of benzene rings is 1. The van der Waals surface area contributed by atoms with Gasteiger partial charge in [-0.05, 0) is 18.2 Å². The Kier molecular flexibility index (Phi) is 3.14. The molecule has 4 heteroatoms. The van der Waals surface area contributed by atoms with E-state index in [1.807, 2.05) is 0 Å². The molecule has 0 aromatic heterocycles. The summed E-state index contributed by atoms with van der Waals surface area (Å²) in [4.78, 5) is 10.9. The summed E-state index contributed by atoms with van der Waals surface area (Å²) in [6, 6.07) is 4.74. The average Bonchev–Trinajstić information content (AvgIpc) is 2.09. The maximum atomic E-state index is 10.9. The molecule has 0 radical (unpaired) electrons. The molecule has 0 amide bonds. The number of nitrogens with two attached hydrogens (primary N) is 1. The average molecular weight is 200 g/mol. The highest BCUT2D eigenvalue weighted by molar-refractivity contribution is 6.30. The third kappa shape index (κ3) is 2.63. The number of rotatable bonds is 2. The van der Waals surface area contributed by atoms with Crippen LogP contribution in [0.2, 0.25) is 5.02 Å². The first kappa shape index (κ1) is 9.86. The molecule has 0 aliphatic rings. The molecule has 0 saturated heterocycles. The van der Waals surface area contributed by atoms with Crippen molar-refractivity contribution in [2.45, 2.75) is 13.3 Å². The molecule has 3 nitrogen and oxygen atoms in total. The fourth-order valence-corrected chi connectivity index (χ4v) is 0.988. The van der Waals surface area contributed by atoms with Gasteiger partial charge in [-0.3, -0.25) is 4.79 Å². The van der Waals surface area contributed by atoms with Crippen LogP contribution in [-0.4, -0.2) is 5.97 Å². The van der Waals surface area contributed by atoms with Crippen LogP contribution >= 0.6 is 11.6 Å². The van der Waals surface area contributed by atoms with Crippen LogP contribution in [0.5, 0.6) is 5.75 Å². The molecule has 2 N–H and O–H groups in total. The molecule has 0 aliphatic carbocycles. The lowest BCUT2D eigenvalue weighted by Crippen LogP contribution is -2.07. The van der Waals surface area contributed by atoms with Gasteiger partial charge < -0.3 is 10.5 Å². The molecule has 1 aromatic carbocycles. The summed E-state index contributed by atoms with van der Waals surface area (Å²) in [7, 11) is 0. The molecule has 1 rings (SSSR count). The Labute approximate surface area is 81.4 Å². The smallest absolute Gasteiger partial charge is 0.310 e. The van der Waals surface area contributed by atoms with Crippen molar-refractivity contribution >= 4 is 23.3 Å². The molecule has 0 atom stereocenters. The van der Waals surface area contributed by atoms with Crippen molar-refractivity contribution in [3.05, 3.63) is 23.2 Å². The van der Waals surface area contributed by atoms with Crippen LogP contribution in [0.15, 0.2) is 18.2 Å². The summed E-state index contributed by atoms with van der Waals surface area (Å²) < 4.78 is 4.93. The standard InChI is InChI=1S/C9H10ClNO2/c1-2-9(12)13-8-4-3-6(10)5-7(8)11/h3-5H,2,11H2,1H3. The lowest BCUT2D eigenvalue weighted by molar-refractivity contribution is -0.133.